The third kappa shape index (κ3) is 5.15. The van der Waals surface area contributed by atoms with Crippen LogP contribution in [-0.4, -0.2) is 32.4 Å². The molecule has 0 atom stereocenters. The van der Waals surface area contributed by atoms with Crippen LogP contribution >= 0.6 is 0 Å². The van der Waals surface area contributed by atoms with E-state index in [0.29, 0.717) is 32.0 Å². The summed E-state index contributed by atoms with van der Waals surface area (Å²) in [6.07, 6.45) is 5.31. The number of hydrogen-bond donors (Lipinski definition) is 0. The van der Waals surface area contributed by atoms with Gasteiger partial charge >= 0.3 is 5.97 Å². The summed E-state index contributed by atoms with van der Waals surface area (Å²) < 4.78 is 16.7. The van der Waals surface area contributed by atoms with Gasteiger partial charge in [0.05, 0.1) is 32.0 Å². The Bertz CT molecular complexity index is 1200. The van der Waals surface area contributed by atoms with Gasteiger partial charge in [0.1, 0.15) is 6.61 Å². The van der Waals surface area contributed by atoms with E-state index < -0.39 is 5.97 Å². The van der Waals surface area contributed by atoms with Crippen LogP contribution in [0.2, 0.25) is 0 Å². The summed E-state index contributed by atoms with van der Waals surface area (Å²) in [5.41, 5.74) is 2.37. The molecule has 4 nitrogen and oxygen atoms in total. The van der Waals surface area contributed by atoms with Crippen molar-refractivity contribution in [1.29, 1.82) is 0 Å². The molecule has 0 saturated heterocycles. The average molecular weight is 424 g/mol. The topological polar surface area (TPSA) is 44.8 Å². The van der Waals surface area contributed by atoms with E-state index in [1.54, 1.807) is 24.3 Å². The fourth-order valence-corrected chi connectivity index (χ4v) is 3.64. The summed E-state index contributed by atoms with van der Waals surface area (Å²) in [5, 5.41) is 4.82. The van der Waals surface area contributed by atoms with Crippen LogP contribution in [0.25, 0.3) is 21.5 Å². The van der Waals surface area contributed by atoms with Crippen molar-refractivity contribution in [2.24, 2.45) is 0 Å². The van der Waals surface area contributed by atoms with Gasteiger partial charge in [0.25, 0.3) is 0 Å². The van der Waals surface area contributed by atoms with Crippen LogP contribution in [0.5, 0.6) is 0 Å². The molecular formula is C28H24O4. The van der Waals surface area contributed by atoms with Crippen LogP contribution < -0.4 is 0 Å². The van der Waals surface area contributed by atoms with Crippen molar-refractivity contribution >= 4 is 27.5 Å². The number of benzene rings is 4. The fourth-order valence-electron chi connectivity index (χ4n) is 3.64. The summed E-state index contributed by atoms with van der Waals surface area (Å²) in [4.78, 5) is 12.0. The van der Waals surface area contributed by atoms with Crippen LogP contribution in [0.1, 0.15) is 21.5 Å². The lowest BCUT2D eigenvalue weighted by Crippen LogP contribution is -2.13. The van der Waals surface area contributed by atoms with Gasteiger partial charge in [-0.3, -0.25) is 0 Å². The number of fused-ring (bicyclic) bond motifs is 2. The second-order valence-electron chi connectivity index (χ2n) is 7.32. The average Bonchev–Trinajstić information content (AvgIpc) is 2.85. The number of ether oxygens (including phenoxy) is 3. The quantitative estimate of drug-likeness (QED) is 0.157. The standard InChI is InChI=1S/C28H24O4/c1-2-21-11-13-22(14-12-21)28(29)32-18-17-30-15-16-31-20-27-25-9-5-3-7-23(25)19-24-8-4-6-10-26(24)27/h1,3-14,19H,15-18,20H2. The first kappa shape index (κ1) is 21.6. The van der Waals surface area contributed by atoms with Crippen molar-refractivity contribution in [3.63, 3.8) is 0 Å². The highest BCUT2D eigenvalue weighted by Gasteiger charge is 2.08. The normalized spacial score (nSPS) is 10.8. The third-order valence-corrected chi connectivity index (χ3v) is 5.25. The molecule has 0 unspecified atom stereocenters. The van der Waals surface area contributed by atoms with Crippen LogP contribution in [0.4, 0.5) is 0 Å². The van der Waals surface area contributed by atoms with Crippen LogP contribution in [-0.2, 0) is 20.8 Å². The van der Waals surface area contributed by atoms with Crippen molar-refractivity contribution in [3.8, 4) is 12.3 Å². The van der Waals surface area contributed by atoms with Gasteiger partial charge in [0.15, 0.2) is 0 Å². The summed E-state index contributed by atoms with van der Waals surface area (Å²) in [6, 6.07) is 25.7. The molecule has 4 rings (SSSR count). The molecule has 0 bridgehead atoms. The van der Waals surface area contributed by atoms with Gasteiger partial charge in [-0.15, -0.1) is 6.42 Å². The Labute approximate surface area is 187 Å². The number of terminal acetylenes is 1. The molecule has 0 saturated carbocycles. The molecule has 0 fully saturated rings. The van der Waals surface area contributed by atoms with Crippen molar-refractivity contribution in [1.82, 2.24) is 0 Å². The van der Waals surface area contributed by atoms with E-state index in [-0.39, 0.29) is 6.61 Å². The number of hydrogen-bond acceptors (Lipinski definition) is 4. The molecule has 0 spiro atoms. The minimum absolute atomic E-state index is 0.184. The molecular weight excluding hydrogens is 400 g/mol. The van der Waals surface area contributed by atoms with Crippen molar-refractivity contribution < 1.29 is 19.0 Å². The zero-order valence-electron chi connectivity index (χ0n) is 17.8. The van der Waals surface area contributed by atoms with Crippen LogP contribution in [0, 0.1) is 12.3 Å². The van der Waals surface area contributed by atoms with E-state index in [1.165, 1.54) is 27.1 Å². The molecule has 32 heavy (non-hydrogen) atoms. The first-order valence-corrected chi connectivity index (χ1v) is 10.5. The highest BCUT2D eigenvalue weighted by molar-refractivity contribution is 6.02. The van der Waals surface area contributed by atoms with Crippen molar-refractivity contribution in [3.05, 3.63) is 95.6 Å². The van der Waals surface area contributed by atoms with Crippen LogP contribution in [0.15, 0.2) is 78.9 Å². The van der Waals surface area contributed by atoms with E-state index in [0.717, 1.165) is 5.56 Å². The minimum Gasteiger partial charge on any atom is -0.460 e. The van der Waals surface area contributed by atoms with Gasteiger partial charge in [-0.05, 0) is 57.4 Å². The maximum Gasteiger partial charge on any atom is 0.338 e. The van der Waals surface area contributed by atoms with Gasteiger partial charge in [-0.25, -0.2) is 4.79 Å². The van der Waals surface area contributed by atoms with E-state index in [2.05, 4.69) is 60.5 Å². The highest BCUT2D eigenvalue weighted by atomic mass is 16.6. The molecule has 4 heteroatoms. The Kier molecular flexibility index (Phi) is 7.14. The number of rotatable bonds is 9. The zero-order valence-corrected chi connectivity index (χ0v) is 17.8. The summed E-state index contributed by atoms with van der Waals surface area (Å²) in [5.74, 6) is 2.12. The molecule has 0 aliphatic carbocycles. The summed E-state index contributed by atoms with van der Waals surface area (Å²) in [6.45, 7) is 1.89. The van der Waals surface area contributed by atoms with E-state index in [1.807, 2.05) is 0 Å². The third-order valence-electron chi connectivity index (χ3n) is 5.25. The molecule has 0 aliphatic rings. The van der Waals surface area contributed by atoms with Gasteiger partial charge in [0, 0.05) is 5.56 Å². The molecule has 0 N–H and O–H groups in total. The predicted octanol–water partition coefficient (Wildman–Crippen LogP) is 5.36. The Morgan fingerprint density at radius 2 is 1.34 bits per heavy atom. The Morgan fingerprint density at radius 3 is 2.00 bits per heavy atom. The van der Waals surface area contributed by atoms with Crippen LogP contribution in [0.3, 0.4) is 0 Å². The van der Waals surface area contributed by atoms with Crippen molar-refractivity contribution in [2.75, 3.05) is 26.4 Å². The molecule has 0 aliphatic heterocycles. The van der Waals surface area contributed by atoms with Gasteiger partial charge in [-0.1, -0.05) is 54.5 Å². The largest absolute Gasteiger partial charge is 0.460 e. The monoisotopic (exact) mass is 424 g/mol. The zero-order chi connectivity index (χ0) is 22.2. The first-order chi connectivity index (χ1) is 15.8. The Balaban J connectivity index is 1.22. The Hall–Kier alpha value is -3.65. The summed E-state index contributed by atoms with van der Waals surface area (Å²) in [7, 11) is 0. The molecule has 0 amide bonds. The van der Waals surface area contributed by atoms with E-state index in [9.17, 15) is 4.79 Å². The van der Waals surface area contributed by atoms with Crippen molar-refractivity contribution in [2.45, 2.75) is 6.61 Å². The predicted molar refractivity (Wildman–Crippen MR) is 127 cm³/mol. The van der Waals surface area contributed by atoms with Gasteiger partial charge in [0.2, 0.25) is 0 Å². The molecule has 4 aromatic carbocycles. The molecule has 4 aromatic rings. The van der Waals surface area contributed by atoms with E-state index in [4.69, 9.17) is 20.6 Å². The molecule has 0 aromatic heterocycles. The number of carbonyl (C=O) groups is 1. The molecule has 0 radical (unpaired) electrons. The lowest BCUT2D eigenvalue weighted by Gasteiger charge is -2.12. The van der Waals surface area contributed by atoms with Gasteiger partial charge in [-0.2, -0.15) is 0 Å². The molecule has 0 heterocycles. The lowest BCUT2D eigenvalue weighted by atomic mass is 9.97. The fraction of sp³-hybridized carbons (Fsp3) is 0.179. The lowest BCUT2D eigenvalue weighted by molar-refractivity contribution is 0.0119. The smallest absolute Gasteiger partial charge is 0.338 e. The minimum atomic E-state index is -0.392. The SMILES string of the molecule is C#Cc1ccc(C(=O)OCCOCCOCc2c3ccccc3cc3ccccc23)cc1. The maximum absolute atomic E-state index is 12.0. The highest BCUT2D eigenvalue weighted by Crippen LogP contribution is 2.28. The van der Waals surface area contributed by atoms with Gasteiger partial charge < -0.3 is 14.2 Å². The number of carbonyl (C=O) groups excluding carboxylic acids is 1. The van der Waals surface area contributed by atoms with E-state index >= 15 is 0 Å². The maximum atomic E-state index is 12.0. The molecule has 160 valence electrons. The Morgan fingerprint density at radius 1 is 0.750 bits per heavy atom. The second-order valence-corrected chi connectivity index (χ2v) is 7.32. The second kappa shape index (κ2) is 10.6. The number of esters is 1. The first-order valence-electron chi connectivity index (χ1n) is 10.5. The summed E-state index contributed by atoms with van der Waals surface area (Å²) >= 11 is 0.